The summed E-state index contributed by atoms with van der Waals surface area (Å²) >= 11 is 0. The first-order chi connectivity index (χ1) is 14.4. The number of benzene rings is 2. The van der Waals surface area contributed by atoms with Crippen molar-refractivity contribution >= 4 is 18.0 Å². The van der Waals surface area contributed by atoms with Gasteiger partial charge in [-0.15, -0.1) is 0 Å². The summed E-state index contributed by atoms with van der Waals surface area (Å²) in [5.74, 6) is -1.23. The molecular formula is C22H24N2O6. The molecule has 0 saturated heterocycles. The van der Waals surface area contributed by atoms with E-state index in [1.165, 1.54) is 42.3 Å². The number of ether oxygens (including phenoxy) is 2. The molecule has 2 aromatic rings. The van der Waals surface area contributed by atoms with Crippen LogP contribution >= 0.6 is 0 Å². The average Bonchev–Trinajstić information content (AvgIpc) is 2.75. The van der Waals surface area contributed by atoms with Crippen LogP contribution < -0.4 is 5.32 Å². The third kappa shape index (κ3) is 6.97. The lowest BCUT2D eigenvalue weighted by molar-refractivity contribution is -0.145. The highest BCUT2D eigenvalue weighted by Crippen LogP contribution is 2.13. The molecule has 0 spiro atoms. The normalized spacial score (nSPS) is 11.1. The number of aromatic hydroxyl groups is 1. The largest absolute Gasteiger partial charge is 0.508 e. The topological polar surface area (TPSA) is 105 Å². The van der Waals surface area contributed by atoms with E-state index in [2.05, 4.69) is 11.9 Å². The summed E-state index contributed by atoms with van der Waals surface area (Å²) in [7, 11) is 1.47. The van der Waals surface area contributed by atoms with E-state index in [1.807, 2.05) is 18.2 Å². The fourth-order valence-electron chi connectivity index (χ4n) is 2.54. The Labute approximate surface area is 174 Å². The van der Waals surface area contributed by atoms with Gasteiger partial charge in [-0.1, -0.05) is 49.1 Å². The minimum Gasteiger partial charge on any atom is -0.508 e. The summed E-state index contributed by atoms with van der Waals surface area (Å²) in [5, 5.41) is 12.0. The Bertz CT molecular complexity index is 884. The number of phenols is 1. The zero-order chi connectivity index (χ0) is 21.9. The third-order valence-corrected chi connectivity index (χ3v) is 4.03. The van der Waals surface area contributed by atoms with E-state index in [9.17, 15) is 19.5 Å². The van der Waals surface area contributed by atoms with Gasteiger partial charge in [-0.05, 0) is 23.8 Å². The summed E-state index contributed by atoms with van der Waals surface area (Å²) in [6, 6.07) is 13.7. The molecule has 0 radical (unpaired) electrons. The number of nitrogens with one attached hydrogen (secondary N) is 1. The average molecular weight is 412 g/mol. The molecule has 8 nitrogen and oxygen atoms in total. The van der Waals surface area contributed by atoms with E-state index < -0.39 is 24.0 Å². The predicted octanol–water partition coefficient (Wildman–Crippen LogP) is 2.49. The first-order valence-electron chi connectivity index (χ1n) is 9.20. The van der Waals surface area contributed by atoms with E-state index in [4.69, 9.17) is 9.47 Å². The van der Waals surface area contributed by atoms with Gasteiger partial charge in [0.05, 0.1) is 6.54 Å². The molecular weight excluding hydrogens is 388 g/mol. The summed E-state index contributed by atoms with van der Waals surface area (Å²) in [4.78, 5) is 38.3. The molecule has 0 unspecified atom stereocenters. The summed E-state index contributed by atoms with van der Waals surface area (Å²) in [6.07, 6.45) is 0.571. The van der Waals surface area contributed by atoms with Crippen molar-refractivity contribution in [3.05, 3.63) is 78.4 Å². The number of likely N-dealkylation sites (N-methyl/N-ethyl adjacent to an activating group) is 1. The minimum atomic E-state index is -1.15. The molecule has 2 aromatic carbocycles. The van der Waals surface area contributed by atoms with Crippen LogP contribution in [0.2, 0.25) is 0 Å². The molecule has 0 heterocycles. The van der Waals surface area contributed by atoms with Gasteiger partial charge in [0.25, 0.3) is 5.91 Å². The monoisotopic (exact) mass is 412 g/mol. The smallest absolute Gasteiger partial charge is 0.408 e. The summed E-state index contributed by atoms with van der Waals surface area (Å²) < 4.78 is 10.2. The number of phenolic OH excluding ortho intramolecular Hbond substituents is 1. The van der Waals surface area contributed by atoms with E-state index in [-0.39, 0.29) is 31.1 Å². The van der Waals surface area contributed by atoms with Gasteiger partial charge in [0.15, 0.2) is 0 Å². The lowest BCUT2D eigenvalue weighted by Crippen LogP contribution is -2.49. The standard InChI is InChI=1S/C22H24N2O6/c1-3-12-29-21(27)19(23-22(28)30-15-16-8-5-4-6-9-16)14-24(2)20(26)17-10-7-11-18(25)13-17/h3-11,13,19,25H,1,12,14-15H2,2H3,(H,23,28)/t19-/m0/s1. The highest BCUT2D eigenvalue weighted by atomic mass is 16.6. The van der Waals surface area contributed by atoms with Gasteiger partial charge in [-0.2, -0.15) is 0 Å². The lowest BCUT2D eigenvalue weighted by Gasteiger charge is -2.24. The Morgan fingerprint density at radius 3 is 2.53 bits per heavy atom. The molecule has 2 N–H and O–H groups in total. The van der Waals surface area contributed by atoms with Crippen LogP contribution in [0.15, 0.2) is 67.3 Å². The molecule has 0 fully saturated rings. The Balaban J connectivity index is 2.02. The minimum absolute atomic E-state index is 0.0269. The fraction of sp³-hybridized carbons (Fsp3) is 0.227. The van der Waals surface area contributed by atoms with Gasteiger partial charge in [0.2, 0.25) is 0 Å². The Kier molecular flexibility index (Phi) is 8.43. The van der Waals surface area contributed by atoms with E-state index in [1.54, 1.807) is 12.1 Å². The van der Waals surface area contributed by atoms with Crippen molar-refractivity contribution in [2.75, 3.05) is 20.2 Å². The van der Waals surface area contributed by atoms with Crippen molar-refractivity contribution < 1.29 is 29.0 Å². The highest BCUT2D eigenvalue weighted by molar-refractivity contribution is 5.95. The molecule has 0 aliphatic heterocycles. The van der Waals surface area contributed by atoms with Crippen molar-refractivity contribution in [2.45, 2.75) is 12.6 Å². The van der Waals surface area contributed by atoms with Gasteiger partial charge >= 0.3 is 12.1 Å². The number of hydrogen-bond donors (Lipinski definition) is 2. The van der Waals surface area contributed by atoms with Crippen LogP contribution in [0, 0.1) is 0 Å². The fourth-order valence-corrected chi connectivity index (χ4v) is 2.54. The molecule has 0 saturated carbocycles. The van der Waals surface area contributed by atoms with Crippen LogP contribution in [0.5, 0.6) is 5.75 Å². The first-order valence-corrected chi connectivity index (χ1v) is 9.20. The van der Waals surface area contributed by atoms with Crippen LogP contribution in [0.3, 0.4) is 0 Å². The van der Waals surface area contributed by atoms with E-state index in [0.717, 1.165) is 5.56 Å². The Morgan fingerprint density at radius 2 is 1.87 bits per heavy atom. The molecule has 0 aliphatic carbocycles. The number of carbonyl (C=O) groups excluding carboxylic acids is 3. The Morgan fingerprint density at radius 1 is 1.13 bits per heavy atom. The number of hydrogen-bond acceptors (Lipinski definition) is 6. The molecule has 158 valence electrons. The second-order valence-corrected chi connectivity index (χ2v) is 6.41. The summed E-state index contributed by atoms with van der Waals surface area (Å²) in [5.41, 5.74) is 1.02. The molecule has 1 atom stereocenters. The van der Waals surface area contributed by atoms with Crippen molar-refractivity contribution in [1.29, 1.82) is 0 Å². The number of esters is 1. The van der Waals surface area contributed by atoms with Crippen molar-refractivity contribution in [1.82, 2.24) is 10.2 Å². The third-order valence-electron chi connectivity index (χ3n) is 4.03. The van der Waals surface area contributed by atoms with Crippen molar-refractivity contribution in [2.24, 2.45) is 0 Å². The molecule has 0 bridgehead atoms. The maximum atomic E-state index is 12.6. The molecule has 8 heteroatoms. The van der Waals surface area contributed by atoms with Crippen LogP contribution in [0.4, 0.5) is 4.79 Å². The van der Waals surface area contributed by atoms with Crippen LogP contribution in [-0.4, -0.2) is 54.2 Å². The van der Waals surface area contributed by atoms with Gasteiger partial charge in [-0.25, -0.2) is 9.59 Å². The quantitative estimate of drug-likeness (QED) is 0.484. The summed E-state index contributed by atoms with van der Waals surface area (Å²) in [6.45, 7) is 3.30. The van der Waals surface area contributed by atoms with Gasteiger partial charge in [0, 0.05) is 12.6 Å². The second-order valence-electron chi connectivity index (χ2n) is 6.41. The number of carbonyl (C=O) groups is 3. The predicted molar refractivity (Wildman–Crippen MR) is 110 cm³/mol. The van der Waals surface area contributed by atoms with Crippen LogP contribution in [0.1, 0.15) is 15.9 Å². The molecule has 0 aliphatic rings. The zero-order valence-corrected chi connectivity index (χ0v) is 16.6. The maximum Gasteiger partial charge on any atom is 0.408 e. The maximum absolute atomic E-state index is 12.6. The lowest BCUT2D eigenvalue weighted by atomic mass is 10.1. The molecule has 30 heavy (non-hydrogen) atoms. The van der Waals surface area contributed by atoms with E-state index in [0.29, 0.717) is 0 Å². The number of alkyl carbamates (subject to hydrolysis) is 1. The molecule has 2 rings (SSSR count). The number of rotatable bonds is 9. The number of nitrogens with zero attached hydrogens (tertiary/aromatic N) is 1. The first kappa shape index (κ1) is 22.5. The molecule has 0 aromatic heterocycles. The van der Waals surface area contributed by atoms with Gasteiger partial charge in [0.1, 0.15) is 25.0 Å². The number of amides is 2. The van der Waals surface area contributed by atoms with Gasteiger partial charge < -0.3 is 24.8 Å². The second kappa shape index (κ2) is 11.3. The zero-order valence-electron chi connectivity index (χ0n) is 16.6. The van der Waals surface area contributed by atoms with Crippen molar-refractivity contribution in [3.8, 4) is 5.75 Å². The van der Waals surface area contributed by atoms with Gasteiger partial charge in [-0.3, -0.25) is 4.79 Å². The SMILES string of the molecule is C=CCOC(=O)[C@H](CN(C)C(=O)c1cccc(O)c1)NC(=O)OCc1ccccc1. The molecule has 2 amide bonds. The van der Waals surface area contributed by atoms with Crippen LogP contribution in [0.25, 0.3) is 0 Å². The van der Waals surface area contributed by atoms with Crippen LogP contribution in [-0.2, 0) is 20.9 Å². The highest BCUT2D eigenvalue weighted by Gasteiger charge is 2.26. The Hall–Kier alpha value is -3.81. The van der Waals surface area contributed by atoms with E-state index >= 15 is 0 Å². The van der Waals surface area contributed by atoms with Crippen molar-refractivity contribution in [3.63, 3.8) is 0 Å².